The molecule has 40 heavy (non-hydrogen) atoms. The van der Waals surface area contributed by atoms with Gasteiger partial charge in [-0.2, -0.15) is 0 Å². The molecule has 2 aliphatic rings. The van der Waals surface area contributed by atoms with Crippen molar-refractivity contribution in [1.82, 2.24) is 0 Å². The Kier molecular flexibility index (Phi) is 8.18. The van der Waals surface area contributed by atoms with E-state index < -0.39 is 8.07 Å². The van der Waals surface area contributed by atoms with Gasteiger partial charge < -0.3 is 0 Å². The maximum Gasteiger partial charge on any atom is 0.114 e. The second-order valence-electron chi connectivity index (χ2n) is 15.1. The molecule has 2 aromatic carbocycles. The molecule has 0 aliphatic heterocycles. The molecular formula is C39H56Si. The van der Waals surface area contributed by atoms with Crippen LogP contribution in [0, 0.1) is 5.92 Å². The van der Waals surface area contributed by atoms with E-state index in [0.29, 0.717) is 11.8 Å². The first kappa shape index (κ1) is 30.8. The number of hydrogen-bond acceptors (Lipinski definition) is 0. The summed E-state index contributed by atoms with van der Waals surface area (Å²) in [4.78, 5) is 0. The SMILES string of the molecule is CC[Si](CC)(C1=C(C)C(C)=C(C)C1C)c1c(C(C)(C)C)cc(-c2cccc3c2C=CC3)c(C(C)C)c1C(C)(C)C. The van der Waals surface area contributed by atoms with Crippen LogP contribution in [0.1, 0.15) is 131 Å². The summed E-state index contributed by atoms with van der Waals surface area (Å²) in [6.07, 6.45) is 5.77. The quantitative estimate of drug-likeness (QED) is 0.313. The zero-order valence-corrected chi connectivity index (χ0v) is 29.2. The van der Waals surface area contributed by atoms with Gasteiger partial charge in [0.25, 0.3) is 0 Å². The number of rotatable bonds is 6. The summed E-state index contributed by atoms with van der Waals surface area (Å²) in [5, 5.41) is 3.59. The summed E-state index contributed by atoms with van der Waals surface area (Å²) in [5.41, 5.74) is 15.5. The van der Waals surface area contributed by atoms with Gasteiger partial charge in [0.15, 0.2) is 0 Å². The molecule has 2 aliphatic carbocycles. The van der Waals surface area contributed by atoms with Crippen molar-refractivity contribution in [3.63, 3.8) is 0 Å². The molecule has 4 rings (SSSR count). The van der Waals surface area contributed by atoms with Gasteiger partial charge in [-0.05, 0) is 99.6 Å². The Hall–Kier alpha value is -2.12. The van der Waals surface area contributed by atoms with Gasteiger partial charge in [0.2, 0.25) is 0 Å². The first-order chi connectivity index (χ1) is 18.5. The Morgan fingerprint density at radius 2 is 1.50 bits per heavy atom. The van der Waals surface area contributed by atoms with Gasteiger partial charge >= 0.3 is 0 Å². The summed E-state index contributed by atoms with van der Waals surface area (Å²) in [7, 11) is -2.10. The minimum Gasteiger partial charge on any atom is -0.0795 e. The molecule has 1 heteroatoms. The third-order valence-electron chi connectivity index (χ3n) is 10.5. The molecule has 0 heterocycles. The minimum absolute atomic E-state index is 0.0369. The molecule has 0 saturated carbocycles. The molecule has 1 atom stereocenters. The molecule has 0 N–H and O–H groups in total. The molecule has 0 amide bonds. The largest absolute Gasteiger partial charge is 0.114 e. The van der Waals surface area contributed by atoms with E-state index in [1.165, 1.54) is 34.3 Å². The van der Waals surface area contributed by atoms with Gasteiger partial charge in [0.05, 0.1) is 0 Å². The maximum atomic E-state index is 2.68. The lowest BCUT2D eigenvalue weighted by Gasteiger charge is -2.45. The topological polar surface area (TPSA) is 0 Å². The van der Waals surface area contributed by atoms with Crippen LogP contribution >= 0.6 is 0 Å². The number of allylic oxidation sites excluding steroid dienone is 5. The minimum atomic E-state index is -2.10. The maximum absolute atomic E-state index is 2.68. The van der Waals surface area contributed by atoms with Gasteiger partial charge in [0.1, 0.15) is 8.07 Å². The Morgan fingerprint density at radius 1 is 0.875 bits per heavy atom. The zero-order valence-electron chi connectivity index (χ0n) is 28.2. The van der Waals surface area contributed by atoms with Crippen LogP contribution in [0.2, 0.25) is 12.1 Å². The van der Waals surface area contributed by atoms with Crippen LogP contribution in [-0.4, -0.2) is 8.07 Å². The van der Waals surface area contributed by atoms with Crippen molar-refractivity contribution in [2.45, 2.75) is 132 Å². The van der Waals surface area contributed by atoms with Gasteiger partial charge in [-0.25, -0.2) is 0 Å². The summed E-state index contributed by atoms with van der Waals surface area (Å²) in [5.74, 6) is 0.980. The average Bonchev–Trinajstić information content (AvgIpc) is 3.43. The van der Waals surface area contributed by atoms with Crippen LogP contribution in [0.3, 0.4) is 0 Å². The van der Waals surface area contributed by atoms with E-state index >= 15 is 0 Å². The van der Waals surface area contributed by atoms with Crippen LogP contribution in [0.4, 0.5) is 0 Å². The third-order valence-corrected chi connectivity index (χ3v) is 16.2. The fourth-order valence-corrected chi connectivity index (χ4v) is 14.3. The Morgan fingerprint density at radius 3 is 1.98 bits per heavy atom. The second kappa shape index (κ2) is 10.6. The highest BCUT2D eigenvalue weighted by Gasteiger charge is 2.48. The highest BCUT2D eigenvalue weighted by atomic mass is 28.3. The normalized spacial score (nSPS) is 18.0. The predicted octanol–water partition coefficient (Wildman–Crippen LogP) is 11.2. The number of hydrogen-bond donors (Lipinski definition) is 0. The van der Waals surface area contributed by atoms with Crippen molar-refractivity contribution >= 4 is 19.3 Å². The van der Waals surface area contributed by atoms with Crippen molar-refractivity contribution in [2.75, 3.05) is 0 Å². The monoisotopic (exact) mass is 552 g/mol. The van der Waals surface area contributed by atoms with Crippen LogP contribution in [0.5, 0.6) is 0 Å². The van der Waals surface area contributed by atoms with E-state index in [0.717, 1.165) is 6.42 Å². The molecule has 0 nitrogen and oxygen atoms in total. The van der Waals surface area contributed by atoms with Crippen molar-refractivity contribution in [1.29, 1.82) is 0 Å². The summed E-state index contributed by atoms with van der Waals surface area (Å²) < 4.78 is 0. The van der Waals surface area contributed by atoms with Crippen molar-refractivity contribution in [2.24, 2.45) is 5.92 Å². The van der Waals surface area contributed by atoms with Crippen LogP contribution in [0.15, 0.2) is 52.3 Å². The smallest absolute Gasteiger partial charge is 0.0795 e. The van der Waals surface area contributed by atoms with Crippen LogP contribution < -0.4 is 5.19 Å². The predicted molar refractivity (Wildman–Crippen MR) is 183 cm³/mol. The Labute approximate surface area is 248 Å². The van der Waals surface area contributed by atoms with Gasteiger partial charge in [-0.1, -0.05) is 141 Å². The number of benzene rings is 2. The molecule has 0 saturated heterocycles. The molecule has 0 fully saturated rings. The van der Waals surface area contributed by atoms with E-state index in [1.807, 2.05) is 5.20 Å². The number of fused-ring (bicyclic) bond motifs is 1. The van der Waals surface area contributed by atoms with E-state index in [1.54, 1.807) is 38.6 Å². The van der Waals surface area contributed by atoms with E-state index in [2.05, 4.69) is 133 Å². The van der Waals surface area contributed by atoms with Crippen LogP contribution in [-0.2, 0) is 17.3 Å². The molecule has 0 radical (unpaired) electrons. The molecular weight excluding hydrogens is 497 g/mol. The lowest BCUT2D eigenvalue weighted by molar-refractivity contribution is 0.566. The first-order valence-electron chi connectivity index (χ1n) is 15.9. The van der Waals surface area contributed by atoms with Crippen LogP contribution in [0.25, 0.3) is 17.2 Å². The highest BCUT2D eigenvalue weighted by molar-refractivity contribution is 6.98. The zero-order chi connectivity index (χ0) is 29.9. The van der Waals surface area contributed by atoms with Crippen molar-refractivity contribution < 1.29 is 0 Å². The Balaban J connectivity index is 2.28. The molecule has 0 aromatic heterocycles. The molecule has 2 aromatic rings. The Bertz CT molecular complexity index is 1400. The second-order valence-corrected chi connectivity index (χ2v) is 19.7. The fraction of sp³-hybridized carbons (Fsp3) is 0.538. The summed E-state index contributed by atoms with van der Waals surface area (Å²) >= 11 is 0. The third kappa shape index (κ3) is 4.75. The molecule has 0 spiro atoms. The van der Waals surface area contributed by atoms with E-state index in [4.69, 9.17) is 0 Å². The van der Waals surface area contributed by atoms with Crippen molar-refractivity contribution in [3.8, 4) is 11.1 Å². The molecule has 0 bridgehead atoms. The fourth-order valence-electron chi connectivity index (χ4n) is 8.17. The lowest BCUT2D eigenvalue weighted by atomic mass is 9.73. The highest BCUT2D eigenvalue weighted by Crippen LogP contribution is 2.49. The summed E-state index contributed by atoms with van der Waals surface area (Å²) in [6, 6.07) is 12.2. The van der Waals surface area contributed by atoms with E-state index in [9.17, 15) is 0 Å². The van der Waals surface area contributed by atoms with E-state index in [-0.39, 0.29) is 10.8 Å². The molecule has 216 valence electrons. The van der Waals surface area contributed by atoms with Gasteiger partial charge in [-0.15, -0.1) is 0 Å². The van der Waals surface area contributed by atoms with Gasteiger partial charge in [-0.3, -0.25) is 0 Å². The lowest BCUT2D eigenvalue weighted by Crippen LogP contribution is -2.56. The van der Waals surface area contributed by atoms with Crippen molar-refractivity contribution in [3.05, 3.63) is 80.1 Å². The summed E-state index contributed by atoms with van der Waals surface area (Å²) in [6.45, 7) is 34.5. The average molecular weight is 553 g/mol. The van der Waals surface area contributed by atoms with Gasteiger partial charge in [0, 0.05) is 0 Å². The molecule has 1 unspecified atom stereocenters. The standard InChI is InChI=1S/C39H56Si/c1-15-40(16-2,36-27(7)25(5)26(6)28(36)8)37-33(38(9,10)11)23-32(34(24(3)4)35(37)39(12,13)14)31-22-18-20-29-19-17-21-30(29)31/h17-18,20-24,27H,15-16,19H2,1-14H3. The first-order valence-corrected chi connectivity index (χ1v) is 18.3.